The Morgan fingerprint density at radius 1 is 0.852 bits per heavy atom. The Kier molecular flexibility index (Phi) is 11.5. The van der Waals surface area contributed by atoms with Crippen molar-refractivity contribution < 1.29 is 4.74 Å². The number of nitrogens with zero attached hydrogens (tertiary/aromatic N) is 2. The molecule has 2 rings (SSSR count). The molecule has 1 aliphatic heterocycles. The summed E-state index contributed by atoms with van der Waals surface area (Å²) in [4.78, 5) is 5.36. The molecule has 0 amide bonds. The van der Waals surface area contributed by atoms with Crippen molar-refractivity contribution in [3.63, 3.8) is 0 Å². The third-order valence-electron chi connectivity index (χ3n) is 5.69. The van der Waals surface area contributed by atoms with Crippen molar-refractivity contribution in [2.45, 2.75) is 77.7 Å². The molecular weight excluding hydrogens is 332 g/mol. The topological polar surface area (TPSA) is 15.7 Å². The summed E-state index contributed by atoms with van der Waals surface area (Å²) in [5, 5.41) is 0. The van der Waals surface area contributed by atoms with Gasteiger partial charge in [-0.05, 0) is 70.4 Å². The normalized spacial score (nSPS) is 16.1. The maximum atomic E-state index is 6.12. The van der Waals surface area contributed by atoms with Crippen LogP contribution in [0.4, 0.5) is 0 Å². The second-order valence-electron chi connectivity index (χ2n) is 8.08. The molecule has 3 nitrogen and oxygen atoms in total. The summed E-state index contributed by atoms with van der Waals surface area (Å²) in [6.07, 6.45) is 12.1. The van der Waals surface area contributed by atoms with Crippen LogP contribution >= 0.6 is 0 Å². The van der Waals surface area contributed by atoms with Crippen LogP contribution in [-0.4, -0.2) is 55.2 Å². The molecule has 154 valence electrons. The number of benzene rings is 1. The predicted octanol–water partition coefficient (Wildman–Crippen LogP) is 5.60. The van der Waals surface area contributed by atoms with Gasteiger partial charge in [0.2, 0.25) is 0 Å². The highest BCUT2D eigenvalue weighted by molar-refractivity contribution is 5.21. The molecule has 1 aromatic carbocycles. The van der Waals surface area contributed by atoms with Crippen LogP contribution in [0.3, 0.4) is 0 Å². The monoisotopic (exact) mass is 374 g/mol. The molecule has 0 unspecified atom stereocenters. The van der Waals surface area contributed by atoms with Gasteiger partial charge in [0.1, 0.15) is 11.9 Å². The average molecular weight is 375 g/mol. The van der Waals surface area contributed by atoms with Crippen LogP contribution in [0.2, 0.25) is 0 Å². The molecule has 0 radical (unpaired) electrons. The largest absolute Gasteiger partial charge is 0.490 e. The molecule has 1 fully saturated rings. The highest BCUT2D eigenvalue weighted by Crippen LogP contribution is 2.18. The summed E-state index contributed by atoms with van der Waals surface area (Å²) in [5.74, 6) is 1.02. The molecule has 1 heterocycles. The molecule has 27 heavy (non-hydrogen) atoms. The van der Waals surface area contributed by atoms with E-state index in [1.54, 1.807) is 0 Å². The lowest BCUT2D eigenvalue weighted by atomic mass is 10.1. The molecule has 0 aliphatic carbocycles. The van der Waals surface area contributed by atoms with Crippen molar-refractivity contribution in [3.05, 3.63) is 30.3 Å². The first-order chi connectivity index (χ1) is 13.3. The zero-order valence-electron chi connectivity index (χ0n) is 17.9. The molecule has 1 saturated heterocycles. The van der Waals surface area contributed by atoms with Gasteiger partial charge in [-0.2, -0.15) is 0 Å². The van der Waals surface area contributed by atoms with Crippen molar-refractivity contribution in [1.29, 1.82) is 0 Å². The third-order valence-corrected chi connectivity index (χ3v) is 5.69. The maximum absolute atomic E-state index is 6.12. The highest BCUT2D eigenvalue weighted by atomic mass is 16.5. The molecule has 3 heteroatoms. The third kappa shape index (κ3) is 9.62. The van der Waals surface area contributed by atoms with E-state index < -0.39 is 0 Å². The van der Waals surface area contributed by atoms with Crippen LogP contribution < -0.4 is 4.74 Å². The summed E-state index contributed by atoms with van der Waals surface area (Å²) < 4.78 is 6.12. The Labute approximate surface area is 168 Å². The summed E-state index contributed by atoms with van der Waals surface area (Å²) in [6.45, 7) is 12.1. The van der Waals surface area contributed by atoms with Gasteiger partial charge in [-0.3, -0.25) is 0 Å². The molecule has 1 aliphatic rings. The molecule has 0 N–H and O–H groups in total. The Morgan fingerprint density at radius 3 is 2.04 bits per heavy atom. The molecule has 0 bridgehead atoms. The summed E-state index contributed by atoms with van der Waals surface area (Å²) in [6, 6.07) is 10.3. The van der Waals surface area contributed by atoms with Crippen molar-refractivity contribution in [3.8, 4) is 5.75 Å². The minimum atomic E-state index is 0.392. The van der Waals surface area contributed by atoms with Gasteiger partial charge < -0.3 is 14.5 Å². The van der Waals surface area contributed by atoms with Crippen LogP contribution in [-0.2, 0) is 0 Å². The maximum Gasteiger partial charge on any atom is 0.119 e. The molecule has 0 saturated carbocycles. The fraction of sp³-hybridized carbons (Fsp3) is 0.750. The quantitative estimate of drug-likeness (QED) is 0.394. The Balaban J connectivity index is 1.60. The van der Waals surface area contributed by atoms with E-state index in [-0.39, 0.29) is 0 Å². The van der Waals surface area contributed by atoms with Gasteiger partial charge in [-0.1, -0.05) is 57.7 Å². The van der Waals surface area contributed by atoms with Gasteiger partial charge in [0.15, 0.2) is 0 Å². The first kappa shape index (κ1) is 22.2. The van der Waals surface area contributed by atoms with Crippen LogP contribution in [0.25, 0.3) is 0 Å². The molecule has 0 aromatic heterocycles. The highest BCUT2D eigenvalue weighted by Gasteiger charge is 2.20. The van der Waals surface area contributed by atoms with Crippen LogP contribution in [0.1, 0.15) is 71.6 Å². The Morgan fingerprint density at radius 2 is 1.44 bits per heavy atom. The van der Waals surface area contributed by atoms with E-state index >= 15 is 0 Å². The van der Waals surface area contributed by atoms with Gasteiger partial charge in [0, 0.05) is 13.1 Å². The smallest absolute Gasteiger partial charge is 0.119 e. The molecule has 1 aromatic rings. The summed E-state index contributed by atoms with van der Waals surface area (Å²) >= 11 is 0. The first-order valence-electron chi connectivity index (χ1n) is 11.5. The second kappa shape index (κ2) is 14.0. The van der Waals surface area contributed by atoms with E-state index in [2.05, 4.69) is 47.9 Å². The molecule has 0 spiro atoms. The van der Waals surface area contributed by atoms with Crippen molar-refractivity contribution in [2.75, 3.05) is 39.3 Å². The number of unbranched alkanes of at least 4 members (excludes halogenated alkanes) is 4. The number of likely N-dealkylation sites (tertiary alicyclic amines) is 1. The average Bonchev–Trinajstić information content (AvgIpc) is 2.70. The number of ether oxygens (including phenoxy) is 1. The lowest BCUT2D eigenvalue weighted by molar-refractivity contribution is 0.0973. The van der Waals surface area contributed by atoms with E-state index in [1.165, 1.54) is 84.2 Å². The number of rotatable bonds is 14. The van der Waals surface area contributed by atoms with Crippen molar-refractivity contribution in [1.82, 2.24) is 9.80 Å². The van der Waals surface area contributed by atoms with Gasteiger partial charge in [-0.25, -0.2) is 0 Å². The van der Waals surface area contributed by atoms with E-state index in [0.29, 0.717) is 6.10 Å². The fourth-order valence-electron chi connectivity index (χ4n) is 3.97. The Hall–Kier alpha value is -1.06. The van der Waals surface area contributed by atoms with Gasteiger partial charge in [-0.15, -0.1) is 0 Å². The molecule has 0 atom stereocenters. The summed E-state index contributed by atoms with van der Waals surface area (Å²) in [5.41, 5.74) is 0. The SMILES string of the molecule is CCCCCN(CCCCC)CCCN1CCC(Oc2ccccc2)CC1. The van der Waals surface area contributed by atoms with Gasteiger partial charge in [0.05, 0.1) is 0 Å². The zero-order valence-corrected chi connectivity index (χ0v) is 17.9. The van der Waals surface area contributed by atoms with E-state index in [0.717, 1.165) is 18.6 Å². The van der Waals surface area contributed by atoms with Gasteiger partial charge >= 0.3 is 0 Å². The second-order valence-corrected chi connectivity index (χ2v) is 8.08. The standard InChI is InChI=1S/C24H42N2O/c1-3-5-10-17-25(18-11-6-4-2)19-12-20-26-21-15-24(16-22-26)27-23-13-8-7-9-14-23/h7-9,13-14,24H,3-6,10-12,15-22H2,1-2H3. The summed E-state index contributed by atoms with van der Waals surface area (Å²) in [7, 11) is 0. The Bertz CT molecular complexity index is 447. The van der Waals surface area contributed by atoms with E-state index in [9.17, 15) is 0 Å². The first-order valence-corrected chi connectivity index (χ1v) is 11.5. The zero-order chi connectivity index (χ0) is 19.2. The minimum absolute atomic E-state index is 0.392. The van der Waals surface area contributed by atoms with Crippen molar-refractivity contribution in [2.24, 2.45) is 0 Å². The van der Waals surface area contributed by atoms with Crippen LogP contribution in [0, 0.1) is 0 Å². The minimum Gasteiger partial charge on any atom is -0.490 e. The van der Waals surface area contributed by atoms with Crippen molar-refractivity contribution >= 4 is 0 Å². The van der Waals surface area contributed by atoms with Crippen LogP contribution in [0.5, 0.6) is 5.75 Å². The van der Waals surface area contributed by atoms with Crippen LogP contribution in [0.15, 0.2) is 30.3 Å². The predicted molar refractivity (Wildman–Crippen MR) is 117 cm³/mol. The number of hydrogen-bond acceptors (Lipinski definition) is 3. The van der Waals surface area contributed by atoms with E-state index in [1.807, 2.05) is 6.07 Å². The van der Waals surface area contributed by atoms with E-state index in [4.69, 9.17) is 4.74 Å². The number of hydrogen-bond donors (Lipinski definition) is 0. The van der Waals surface area contributed by atoms with Gasteiger partial charge in [0.25, 0.3) is 0 Å². The number of piperidine rings is 1. The lowest BCUT2D eigenvalue weighted by Crippen LogP contribution is -2.39. The lowest BCUT2D eigenvalue weighted by Gasteiger charge is -2.32. The molecular formula is C24H42N2O. The number of para-hydroxylation sites is 1. The fourth-order valence-corrected chi connectivity index (χ4v) is 3.97.